The van der Waals surface area contributed by atoms with Crippen LogP contribution < -0.4 is 5.73 Å². The molecule has 0 aliphatic rings. The van der Waals surface area contributed by atoms with E-state index in [1.807, 2.05) is 20.8 Å². The summed E-state index contributed by atoms with van der Waals surface area (Å²) in [6.45, 7) is 10.3. The third-order valence-electron chi connectivity index (χ3n) is 2.05. The number of allylic oxidation sites excluding steroid dienone is 2. The average Bonchev–Trinajstić information content (AvgIpc) is 2.03. The maximum Gasteiger partial charge on any atom is 0.0548 e. The lowest BCUT2D eigenvalue weighted by atomic mass is 10.1. The Morgan fingerprint density at radius 2 is 1.85 bits per heavy atom. The SMILES string of the molecule is CCCC(C)N=C(C)C(N)=C(C)C. The number of hydrogen-bond donors (Lipinski definition) is 1. The molecule has 2 heteroatoms. The van der Waals surface area contributed by atoms with Crippen molar-refractivity contribution in [2.75, 3.05) is 0 Å². The highest BCUT2D eigenvalue weighted by atomic mass is 14.8. The van der Waals surface area contributed by atoms with E-state index >= 15 is 0 Å². The molecule has 2 N–H and O–H groups in total. The first kappa shape index (κ1) is 12.2. The van der Waals surface area contributed by atoms with E-state index in [1.54, 1.807) is 0 Å². The van der Waals surface area contributed by atoms with Crippen LogP contribution in [0.15, 0.2) is 16.3 Å². The molecule has 0 aliphatic heterocycles. The van der Waals surface area contributed by atoms with E-state index in [1.165, 1.54) is 6.42 Å². The van der Waals surface area contributed by atoms with Crippen LogP contribution >= 0.6 is 0 Å². The Morgan fingerprint density at radius 3 is 2.23 bits per heavy atom. The molecule has 1 atom stereocenters. The third-order valence-corrected chi connectivity index (χ3v) is 2.05. The minimum atomic E-state index is 0.392. The van der Waals surface area contributed by atoms with Crippen LogP contribution in [0.3, 0.4) is 0 Å². The van der Waals surface area contributed by atoms with Gasteiger partial charge in [-0.05, 0) is 34.1 Å². The van der Waals surface area contributed by atoms with Crippen LogP contribution in [0, 0.1) is 0 Å². The van der Waals surface area contributed by atoms with Crippen molar-refractivity contribution in [1.82, 2.24) is 0 Å². The van der Waals surface area contributed by atoms with Crippen LogP contribution in [-0.4, -0.2) is 11.8 Å². The Labute approximate surface area is 81.9 Å². The Morgan fingerprint density at radius 1 is 1.31 bits per heavy atom. The number of nitrogens with zero attached hydrogens (tertiary/aromatic N) is 1. The van der Waals surface area contributed by atoms with Gasteiger partial charge in [-0.25, -0.2) is 0 Å². The molecule has 1 unspecified atom stereocenters. The predicted octanol–water partition coefficient (Wildman–Crippen LogP) is 2.89. The van der Waals surface area contributed by atoms with E-state index in [0.29, 0.717) is 6.04 Å². The molecule has 0 fully saturated rings. The normalized spacial score (nSPS) is 14.1. The largest absolute Gasteiger partial charge is 0.397 e. The van der Waals surface area contributed by atoms with Crippen molar-refractivity contribution in [2.45, 2.75) is 53.5 Å². The zero-order valence-electron chi connectivity index (χ0n) is 9.52. The van der Waals surface area contributed by atoms with Gasteiger partial charge in [0.2, 0.25) is 0 Å². The molecule has 76 valence electrons. The maximum absolute atomic E-state index is 5.85. The van der Waals surface area contributed by atoms with E-state index in [-0.39, 0.29) is 0 Å². The number of hydrogen-bond acceptors (Lipinski definition) is 2. The quantitative estimate of drug-likeness (QED) is 0.667. The molecule has 0 heterocycles. The van der Waals surface area contributed by atoms with Crippen molar-refractivity contribution >= 4 is 5.71 Å². The van der Waals surface area contributed by atoms with Crippen molar-refractivity contribution in [1.29, 1.82) is 0 Å². The van der Waals surface area contributed by atoms with Gasteiger partial charge in [-0.15, -0.1) is 0 Å². The van der Waals surface area contributed by atoms with E-state index in [4.69, 9.17) is 5.73 Å². The maximum atomic E-state index is 5.85. The summed E-state index contributed by atoms with van der Waals surface area (Å²) < 4.78 is 0. The zero-order chi connectivity index (χ0) is 10.4. The molecule has 0 aromatic rings. The van der Waals surface area contributed by atoms with Gasteiger partial charge in [-0.3, -0.25) is 4.99 Å². The average molecular weight is 182 g/mol. The highest BCUT2D eigenvalue weighted by molar-refractivity contribution is 5.97. The Balaban J connectivity index is 4.40. The second kappa shape index (κ2) is 5.79. The lowest BCUT2D eigenvalue weighted by molar-refractivity contribution is 0.654. The van der Waals surface area contributed by atoms with Crippen LogP contribution in [0.4, 0.5) is 0 Å². The first-order valence-corrected chi connectivity index (χ1v) is 4.96. The molecule has 0 saturated heterocycles. The fourth-order valence-corrected chi connectivity index (χ4v) is 1.24. The van der Waals surface area contributed by atoms with Crippen LogP contribution in [-0.2, 0) is 0 Å². The molecular formula is C11H22N2. The molecule has 0 amide bonds. The highest BCUT2D eigenvalue weighted by Crippen LogP contribution is 2.05. The smallest absolute Gasteiger partial charge is 0.0548 e. The van der Waals surface area contributed by atoms with Gasteiger partial charge in [-0.2, -0.15) is 0 Å². The summed E-state index contributed by atoms with van der Waals surface area (Å²) >= 11 is 0. The van der Waals surface area contributed by atoms with E-state index < -0.39 is 0 Å². The Kier molecular flexibility index (Phi) is 5.44. The molecule has 0 bridgehead atoms. The number of aliphatic imine (C=N–C) groups is 1. The summed E-state index contributed by atoms with van der Waals surface area (Å²) in [5, 5.41) is 0. The lowest BCUT2D eigenvalue weighted by Crippen LogP contribution is -2.12. The van der Waals surface area contributed by atoms with Crippen molar-refractivity contribution in [3.05, 3.63) is 11.3 Å². The highest BCUT2D eigenvalue weighted by Gasteiger charge is 2.01. The van der Waals surface area contributed by atoms with E-state index in [0.717, 1.165) is 23.4 Å². The standard InChI is InChI=1S/C11H22N2/c1-6-7-9(4)13-10(5)11(12)8(2)3/h9H,6-7,12H2,1-5H3. The number of nitrogens with two attached hydrogens (primary N) is 1. The van der Waals surface area contributed by atoms with Crippen LogP contribution in [0.25, 0.3) is 0 Å². The molecule has 0 aliphatic carbocycles. The van der Waals surface area contributed by atoms with Crippen molar-refractivity contribution in [2.24, 2.45) is 10.7 Å². The number of rotatable bonds is 4. The topological polar surface area (TPSA) is 38.4 Å². The second-order valence-electron chi connectivity index (χ2n) is 3.77. The Hall–Kier alpha value is -0.790. The monoisotopic (exact) mass is 182 g/mol. The van der Waals surface area contributed by atoms with Gasteiger partial charge in [0, 0.05) is 6.04 Å². The fourth-order valence-electron chi connectivity index (χ4n) is 1.24. The molecule has 13 heavy (non-hydrogen) atoms. The summed E-state index contributed by atoms with van der Waals surface area (Å²) in [6, 6.07) is 0.392. The molecule has 0 spiro atoms. The fraction of sp³-hybridized carbons (Fsp3) is 0.727. The molecule has 0 saturated carbocycles. The Bertz CT molecular complexity index is 210. The van der Waals surface area contributed by atoms with Crippen LogP contribution in [0.1, 0.15) is 47.5 Å². The van der Waals surface area contributed by atoms with Gasteiger partial charge in [0.1, 0.15) is 0 Å². The minimum Gasteiger partial charge on any atom is -0.397 e. The summed E-state index contributed by atoms with van der Waals surface area (Å²) in [7, 11) is 0. The molecule has 2 nitrogen and oxygen atoms in total. The molecule has 0 aromatic carbocycles. The second-order valence-corrected chi connectivity index (χ2v) is 3.77. The van der Waals surface area contributed by atoms with Gasteiger partial charge >= 0.3 is 0 Å². The first-order chi connectivity index (χ1) is 5.99. The lowest BCUT2D eigenvalue weighted by Gasteiger charge is -2.08. The summed E-state index contributed by atoms with van der Waals surface area (Å²) in [5.41, 5.74) is 8.81. The van der Waals surface area contributed by atoms with Gasteiger partial charge < -0.3 is 5.73 Å². The third kappa shape index (κ3) is 4.71. The first-order valence-electron chi connectivity index (χ1n) is 4.96. The zero-order valence-corrected chi connectivity index (χ0v) is 9.52. The van der Waals surface area contributed by atoms with Crippen LogP contribution in [0.5, 0.6) is 0 Å². The minimum absolute atomic E-state index is 0.392. The van der Waals surface area contributed by atoms with Gasteiger partial charge in [0.05, 0.1) is 11.4 Å². The van der Waals surface area contributed by atoms with Gasteiger partial charge in [0.15, 0.2) is 0 Å². The van der Waals surface area contributed by atoms with Gasteiger partial charge in [-0.1, -0.05) is 18.9 Å². The van der Waals surface area contributed by atoms with Crippen molar-refractivity contribution in [3.63, 3.8) is 0 Å². The van der Waals surface area contributed by atoms with Crippen LogP contribution in [0.2, 0.25) is 0 Å². The molecule has 0 radical (unpaired) electrons. The molecular weight excluding hydrogens is 160 g/mol. The van der Waals surface area contributed by atoms with Crippen molar-refractivity contribution in [3.8, 4) is 0 Å². The summed E-state index contributed by atoms with van der Waals surface area (Å²) in [6.07, 6.45) is 2.31. The van der Waals surface area contributed by atoms with Gasteiger partial charge in [0.25, 0.3) is 0 Å². The molecule has 0 aromatic heterocycles. The van der Waals surface area contributed by atoms with E-state index in [2.05, 4.69) is 18.8 Å². The predicted molar refractivity (Wildman–Crippen MR) is 60.0 cm³/mol. The van der Waals surface area contributed by atoms with Crippen molar-refractivity contribution < 1.29 is 0 Å². The summed E-state index contributed by atoms with van der Waals surface area (Å²) in [5.74, 6) is 0. The van der Waals surface area contributed by atoms with E-state index in [9.17, 15) is 0 Å². The molecule has 0 rings (SSSR count). The summed E-state index contributed by atoms with van der Waals surface area (Å²) in [4.78, 5) is 4.52.